The second-order valence-corrected chi connectivity index (χ2v) is 5.31. The lowest BCUT2D eigenvalue weighted by atomic mass is 10.0. The van der Waals surface area contributed by atoms with Crippen LogP contribution in [0.2, 0.25) is 0 Å². The van der Waals surface area contributed by atoms with E-state index in [1.165, 1.54) is 19.3 Å². The van der Waals surface area contributed by atoms with Crippen LogP contribution in [0.1, 0.15) is 31.7 Å². The number of benzene rings is 1. The summed E-state index contributed by atoms with van der Waals surface area (Å²) in [6.07, 6.45) is 3.90. The predicted molar refractivity (Wildman–Crippen MR) is 74.9 cm³/mol. The summed E-state index contributed by atoms with van der Waals surface area (Å²) >= 11 is 0. The second kappa shape index (κ2) is 5.70. The minimum Gasteiger partial charge on any atom is -0.502 e. The third-order valence-electron chi connectivity index (χ3n) is 4.08. The Hall–Kier alpha value is -1.42. The van der Waals surface area contributed by atoms with E-state index in [1.807, 2.05) is 12.1 Å². The van der Waals surface area contributed by atoms with Crippen molar-refractivity contribution in [3.63, 3.8) is 0 Å². The highest BCUT2D eigenvalue weighted by molar-refractivity contribution is 5.52. The van der Waals surface area contributed by atoms with Crippen LogP contribution in [0.5, 0.6) is 17.2 Å². The van der Waals surface area contributed by atoms with Gasteiger partial charge in [-0.25, -0.2) is 0 Å². The molecule has 0 radical (unpaired) electrons. The molecule has 4 nitrogen and oxygen atoms in total. The topological polar surface area (TPSA) is 50.7 Å². The molecule has 0 spiro atoms. The molecular weight excluding hydrogens is 242 g/mol. The third kappa shape index (κ3) is 3.13. The van der Waals surface area contributed by atoms with E-state index in [2.05, 4.69) is 12.2 Å². The molecule has 1 aromatic rings. The van der Waals surface area contributed by atoms with Crippen molar-refractivity contribution in [1.82, 2.24) is 5.32 Å². The molecule has 0 amide bonds. The summed E-state index contributed by atoms with van der Waals surface area (Å²) in [6.45, 7) is 4.06. The van der Waals surface area contributed by atoms with Crippen LogP contribution in [0.4, 0.5) is 0 Å². The summed E-state index contributed by atoms with van der Waals surface area (Å²) in [5.74, 6) is 0.960. The number of methoxy groups -OCH3 is 2. The average molecular weight is 265 g/mol. The van der Waals surface area contributed by atoms with Crippen LogP contribution in [-0.4, -0.2) is 25.9 Å². The SMILES string of the molecule is CCC1(CNCc2cc(OC)c(O)c(OC)c2)CC1. The van der Waals surface area contributed by atoms with Crippen molar-refractivity contribution < 1.29 is 14.6 Å². The molecule has 106 valence electrons. The van der Waals surface area contributed by atoms with Gasteiger partial charge in [0, 0.05) is 13.1 Å². The number of hydrogen-bond acceptors (Lipinski definition) is 4. The number of hydrogen-bond donors (Lipinski definition) is 2. The molecule has 0 bridgehead atoms. The van der Waals surface area contributed by atoms with Crippen LogP contribution in [0.15, 0.2) is 12.1 Å². The zero-order chi connectivity index (χ0) is 13.9. The largest absolute Gasteiger partial charge is 0.502 e. The van der Waals surface area contributed by atoms with Gasteiger partial charge in [-0.2, -0.15) is 0 Å². The lowest BCUT2D eigenvalue weighted by Gasteiger charge is -2.15. The monoisotopic (exact) mass is 265 g/mol. The van der Waals surface area contributed by atoms with Crippen LogP contribution < -0.4 is 14.8 Å². The van der Waals surface area contributed by atoms with Gasteiger partial charge in [0.1, 0.15) is 0 Å². The van der Waals surface area contributed by atoms with Gasteiger partial charge < -0.3 is 19.9 Å². The van der Waals surface area contributed by atoms with Crippen LogP contribution in [0, 0.1) is 5.41 Å². The average Bonchev–Trinajstić information content (AvgIpc) is 3.21. The van der Waals surface area contributed by atoms with E-state index in [1.54, 1.807) is 14.2 Å². The van der Waals surface area contributed by atoms with E-state index in [4.69, 9.17) is 9.47 Å². The Labute approximate surface area is 114 Å². The van der Waals surface area contributed by atoms with Gasteiger partial charge >= 0.3 is 0 Å². The van der Waals surface area contributed by atoms with Crippen molar-refractivity contribution in [1.29, 1.82) is 0 Å². The van der Waals surface area contributed by atoms with E-state index in [9.17, 15) is 5.11 Å². The molecule has 1 aliphatic carbocycles. The van der Waals surface area contributed by atoms with Crippen molar-refractivity contribution >= 4 is 0 Å². The molecule has 0 unspecified atom stereocenters. The first-order valence-electron chi connectivity index (χ1n) is 6.79. The number of ether oxygens (including phenoxy) is 2. The standard InChI is InChI=1S/C15H23NO3/c1-4-15(5-6-15)10-16-9-11-7-12(18-2)14(17)13(8-11)19-3/h7-8,16-17H,4-6,9-10H2,1-3H3. The molecule has 2 N–H and O–H groups in total. The highest BCUT2D eigenvalue weighted by atomic mass is 16.5. The molecule has 1 saturated carbocycles. The van der Waals surface area contributed by atoms with Gasteiger partial charge in [0.25, 0.3) is 0 Å². The van der Waals surface area contributed by atoms with E-state index in [-0.39, 0.29) is 5.75 Å². The lowest BCUT2D eigenvalue weighted by Crippen LogP contribution is -2.23. The van der Waals surface area contributed by atoms with E-state index in [0.717, 1.165) is 18.7 Å². The molecule has 4 heteroatoms. The fraction of sp³-hybridized carbons (Fsp3) is 0.600. The normalized spacial score (nSPS) is 16.2. The highest BCUT2D eigenvalue weighted by Crippen LogP contribution is 2.47. The Bertz CT molecular complexity index is 416. The van der Waals surface area contributed by atoms with Crippen LogP contribution in [0.25, 0.3) is 0 Å². The van der Waals surface area contributed by atoms with Crippen LogP contribution in [-0.2, 0) is 6.54 Å². The first-order valence-corrected chi connectivity index (χ1v) is 6.79. The summed E-state index contributed by atoms with van der Waals surface area (Å²) in [7, 11) is 3.09. The zero-order valence-electron chi connectivity index (χ0n) is 12.0. The van der Waals surface area contributed by atoms with Crippen LogP contribution in [0.3, 0.4) is 0 Å². The summed E-state index contributed by atoms with van der Waals surface area (Å²) in [5, 5.41) is 13.3. The number of nitrogens with one attached hydrogen (secondary N) is 1. The predicted octanol–water partition coefficient (Wildman–Crippen LogP) is 2.69. The quantitative estimate of drug-likeness (QED) is 0.796. The zero-order valence-corrected chi connectivity index (χ0v) is 12.0. The molecule has 1 aliphatic rings. The first kappa shape index (κ1) is 14.0. The summed E-state index contributed by atoms with van der Waals surface area (Å²) < 4.78 is 10.3. The fourth-order valence-electron chi connectivity index (χ4n) is 2.35. The molecule has 0 heterocycles. The van der Waals surface area contributed by atoms with Gasteiger partial charge in [0.2, 0.25) is 5.75 Å². The van der Waals surface area contributed by atoms with Gasteiger partial charge in [-0.1, -0.05) is 6.92 Å². The number of aromatic hydroxyl groups is 1. The van der Waals surface area contributed by atoms with Gasteiger partial charge in [-0.3, -0.25) is 0 Å². The summed E-state index contributed by atoms with van der Waals surface area (Å²) in [5.41, 5.74) is 1.59. The molecular formula is C15H23NO3. The number of phenols is 1. The Morgan fingerprint density at radius 2 is 1.79 bits per heavy atom. The number of rotatable bonds is 7. The highest BCUT2D eigenvalue weighted by Gasteiger charge is 2.39. The molecule has 0 atom stereocenters. The van der Waals surface area contributed by atoms with Gasteiger partial charge in [-0.15, -0.1) is 0 Å². The summed E-state index contributed by atoms with van der Waals surface area (Å²) in [4.78, 5) is 0. The lowest BCUT2D eigenvalue weighted by molar-refractivity contribution is 0.338. The molecule has 1 fully saturated rings. The van der Waals surface area contributed by atoms with Crippen LogP contribution >= 0.6 is 0 Å². The van der Waals surface area contributed by atoms with Crippen molar-refractivity contribution in [2.75, 3.05) is 20.8 Å². The molecule has 0 aromatic heterocycles. The van der Waals surface area contributed by atoms with E-state index < -0.39 is 0 Å². The van der Waals surface area contributed by atoms with E-state index >= 15 is 0 Å². The maximum absolute atomic E-state index is 9.85. The van der Waals surface area contributed by atoms with Crippen molar-refractivity contribution in [2.45, 2.75) is 32.7 Å². The Morgan fingerprint density at radius 1 is 1.21 bits per heavy atom. The molecule has 0 saturated heterocycles. The van der Waals surface area contributed by atoms with Gasteiger partial charge in [0.05, 0.1) is 14.2 Å². The number of phenolic OH excluding ortho intramolecular Hbond substituents is 1. The fourth-order valence-corrected chi connectivity index (χ4v) is 2.35. The molecule has 19 heavy (non-hydrogen) atoms. The maximum Gasteiger partial charge on any atom is 0.200 e. The Balaban J connectivity index is 1.99. The Morgan fingerprint density at radius 3 is 2.21 bits per heavy atom. The summed E-state index contributed by atoms with van der Waals surface area (Å²) in [6, 6.07) is 3.69. The maximum atomic E-state index is 9.85. The van der Waals surface area contributed by atoms with Gasteiger partial charge in [-0.05, 0) is 42.4 Å². The minimum atomic E-state index is 0.0565. The molecule has 1 aromatic carbocycles. The van der Waals surface area contributed by atoms with Crippen molar-refractivity contribution in [3.8, 4) is 17.2 Å². The minimum absolute atomic E-state index is 0.0565. The van der Waals surface area contributed by atoms with E-state index in [0.29, 0.717) is 16.9 Å². The molecule has 2 rings (SSSR count). The van der Waals surface area contributed by atoms with Gasteiger partial charge in [0.15, 0.2) is 11.5 Å². The Kier molecular flexibility index (Phi) is 4.20. The first-order chi connectivity index (χ1) is 9.14. The molecule has 0 aliphatic heterocycles. The van der Waals surface area contributed by atoms with Crippen molar-refractivity contribution in [3.05, 3.63) is 17.7 Å². The third-order valence-corrected chi connectivity index (χ3v) is 4.08. The smallest absolute Gasteiger partial charge is 0.200 e. The van der Waals surface area contributed by atoms with Crippen molar-refractivity contribution in [2.24, 2.45) is 5.41 Å². The second-order valence-electron chi connectivity index (χ2n) is 5.31.